The molecule has 0 saturated carbocycles. The van der Waals surface area contributed by atoms with Crippen LogP contribution >= 0.6 is 0 Å². The molecule has 0 fully saturated rings. The number of hydrogen-bond donors (Lipinski definition) is 1. The Balaban J connectivity index is 2.27. The number of anilines is 1. The molecule has 0 saturated heterocycles. The summed E-state index contributed by atoms with van der Waals surface area (Å²) in [6.07, 6.45) is 1.88. The van der Waals surface area contributed by atoms with Crippen molar-refractivity contribution < 1.29 is 4.74 Å². The number of ether oxygens (including phenoxy) is 1. The molecule has 0 radical (unpaired) electrons. The van der Waals surface area contributed by atoms with Gasteiger partial charge >= 0.3 is 0 Å². The van der Waals surface area contributed by atoms with E-state index in [1.54, 1.807) is 16.5 Å². The van der Waals surface area contributed by atoms with E-state index in [0.29, 0.717) is 5.82 Å². The van der Waals surface area contributed by atoms with E-state index in [2.05, 4.69) is 10.2 Å². The molecule has 0 spiro atoms. The summed E-state index contributed by atoms with van der Waals surface area (Å²) < 4.78 is 8.84. The molecule has 0 unspecified atom stereocenters. The second-order valence-corrected chi connectivity index (χ2v) is 4.81. The van der Waals surface area contributed by atoms with Crippen LogP contribution in [0, 0.1) is 0 Å². The van der Waals surface area contributed by atoms with Gasteiger partial charge in [0.15, 0.2) is 0 Å². The van der Waals surface area contributed by atoms with Crippen LogP contribution in [0.25, 0.3) is 22.5 Å². The molecule has 2 N–H and O–H groups in total. The summed E-state index contributed by atoms with van der Waals surface area (Å²) in [5, 5.41) is 8.93. The summed E-state index contributed by atoms with van der Waals surface area (Å²) in [4.78, 5) is 0. The fraction of sp³-hybridized carbons (Fsp3) is 0.200. The van der Waals surface area contributed by atoms with Gasteiger partial charge in [0.2, 0.25) is 0 Å². The van der Waals surface area contributed by atoms with Crippen LogP contribution < -0.4 is 10.5 Å². The van der Waals surface area contributed by atoms with Crippen molar-refractivity contribution >= 4 is 5.82 Å². The first-order valence-corrected chi connectivity index (χ1v) is 6.57. The highest BCUT2D eigenvalue weighted by Gasteiger charge is 2.21. The third kappa shape index (κ3) is 2.14. The average molecular weight is 283 g/mol. The number of para-hydroxylation sites is 1. The Morgan fingerprint density at radius 1 is 1.10 bits per heavy atom. The highest BCUT2D eigenvalue weighted by atomic mass is 16.5. The van der Waals surface area contributed by atoms with E-state index in [1.165, 1.54) is 0 Å². The molecule has 108 valence electrons. The van der Waals surface area contributed by atoms with Gasteiger partial charge in [-0.25, -0.2) is 0 Å². The number of nitrogens with two attached hydrogens (primary N) is 1. The second kappa shape index (κ2) is 4.97. The zero-order valence-corrected chi connectivity index (χ0v) is 12.2. The second-order valence-electron chi connectivity index (χ2n) is 4.81. The maximum atomic E-state index is 6.21. The van der Waals surface area contributed by atoms with Gasteiger partial charge < -0.3 is 10.5 Å². The van der Waals surface area contributed by atoms with Gasteiger partial charge in [-0.3, -0.25) is 9.36 Å². The van der Waals surface area contributed by atoms with E-state index >= 15 is 0 Å². The lowest BCUT2D eigenvalue weighted by Gasteiger charge is -2.08. The molecule has 6 nitrogen and oxygen atoms in total. The summed E-state index contributed by atoms with van der Waals surface area (Å²) in [5.74, 6) is 1.34. The third-order valence-electron chi connectivity index (χ3n) is 3.42. The monoisotopic (exact) mass is 283 g/mol. The molecule has 0 amide bonds. The number of nitrogen functional groups attached to an aromatic ring is 1. The van der Waals surface area contributed by atoms with Crippen molar-refractivity contribution in [2.45, 2.75) is 0 Å². The minimum atomic E-state index is 0.583. The summed E-state index contributed by atoms with van der Waals surface area (Å²) in [5.41, 5.74) is 9.50. The first-order chi connectivity index (χ1) is 10.1. The average Bonchev–Trinajstić information content (AvgIpc) is 3.04. The van der Waals surface area contributed by atoms with Gasteiger partial charge in [-0.15, -0.1) is 0 Å². The van der Waals surface area contributed by atoms with Crippen LogP contribution in [0.15, 0.2) is 36.5 Å². The van der Waals surface area contributed by atoms with Crippen molar-refractivity contribution in [3.05, 3.63) is 36.5 Å². The van der Waals surface area contributed by atoms with Crippen LogP contribution in [0.5, 0.6) is 5.75 Å². The van der Waals surface area contributed by atoms with E-state index in [0.717, 1.165) is 28.3 Å². The molecular formula is C15H17N5O. The summed E-state index contributed by atoms with van der Waals surface area (Å²) in [6, 6.07) is 9.67. The van der Waals surface area contributed by atoms with Crippen LogP contribution in [0.1, 0.15) is 0 Å². The van der Waals surface area contributed by atoms with Crippen molar-refractivity contribution in [2.75, 3.05) is 12.8 Å². The molecule has 3 rings (SSSR count). The van der Waals surface area contributed by atoms with Gasteiger partial charge in [0.1, 0.15) is 23.0 Å². The highest BCUT2D eigenvalue weighted by molar-refractivity contribution is 5.89. The Labute approximate surface area is 122 Å². The summed E-state index contributed by atoms with van der Waals surface area (Å²) in [7, 11) is 5.34. The number of hydrogen-bond acceptors (Lipinski definition) is 4. The van der Waals surface area contributed by atoms with Crippen LogP contribution in [-0.2, 0) is 14.1 Å². The molecule has 1 aromatic carbocycles. The van der Waals surface area contributed by atoms with E-state index in [-0.39, 0.29) is 0 Å². The summed E-state index contributed by atoms with van der Waals surface area (Å²) in [6.45, 7) is 0. The molecule has 0 aliphatic carbocycles. The van der Waals surface area contributed by atoms with Crippen molar-refractivity contribution in [2.24, 2.45) is 14.1 Å². The van der Waals surface area contributed by atoms with Crippen molar-refractivity contribution in [3.8, 4) is 28.3 Å². The molecule has 2 heterocycles. The Morgan fingerprint density at radius 2 is 1.86 bits per heavy atom. The molecule has 6 heteroatoms. The third-order valence-corrected chi connectivity index (χ3v) is 3.42. The maximum absolute atomic E-state index is 6.21. The molecule has 0 aliphatic heterocycles. The quantitative estimate of drug-likeness (QED) is 0.799. The first-order valence-electron chi connectivity index (χ1n) is 6.57. The van der Waals surface area contributed by atoms with Crippen LogP contribution in [0.3, 0.4) is 0 Å². The number of aromatic nitrogens is 4. The van der Waals surface area contributed by atoms with Crippen molar-refractivity contribution in [1.29, 1.82) is 0 Å². The standard InChI is InChI=1S/C15H17N5O/c1-19-9-8-11(17-19)14-13(15(16)20(2)18-14)10-6-4-5-7-12(10)21-3/h4-9H,16H2,1-3H3. The van der Waals surface area contributed by atoms with Gasteiger partial charge in [0, 0.05) is 25.9 Å². The molecule has 21 heavy (non-hydrogen) atoms. The van der Waals surface area contributed by atoms with Gasteiger partial charge in [-0.05, 0) is 12.1 Å². The Kier molecular flexibility index (Phi) is 3.13. The predicted molar refractivity (Wildman–Crippen MR) is 81.8 cm³/mol. The number of rotatable bonds is 3. The predicted octanol–water partition coefficient (Wildman–Crippen LogP) is 2.08. The van der Waals surface area contributed by atoms with Crippen LogP contribution in [0.4, 0.5) is 5.82 Å². The molecule has 0 aliphatic rings. The number of methoxy groups -OCH3 is 1. The van der Waals surface area contributed by atoms with E-state index in [1.807, 2.05) is 50.6 Å². The molecule has 0 atom stereocenters. The van der Waals surface area contributed by atoms with Gasteiger partial charge in [-0.1, -0.05) is 18.2 Å². The van der Waals surface area contributed by atoms with Crippen LogP contribution in [0.2, 0.25) is 0 Å². The lowest BCUT2D eigenvalue weighted by atomic mass is 10.0. The zero-order chi connectivity index (χ0) is 15.0. The van der Waals surface area contributed by atoms with Crippen molar-refractivity contribution in [3.63, 3.8) is 0 Å². The Morgan fingerprint density at radius 3 is 2.52 bits per heavy atom. The highest BCUT2D eigenvalue weighted by Crippen LogP contribution is 2.39. The van der Waals surface area contributed by atoms with Gasteiger partial charge in [-0.2, -0.15) is 10.2 Å². The molecule has 0 bridgehead atoms. The minimum absolute atomic E-state index is 0.583. The number of benzene rings is 1. The Hall–Kier alpha value is -2.76. The topological polar surface area (TPSA) is 70.9 Å². The van der Waals surface area contributed by atoms with Gasteiger partial charge in [0.25, 0.3) is 0 Å². The lowest BCUT2D eigenvalue weighted by Crippen LogP contribution is -1.98. The first kappa shape index (κ1) is 13.2. The smallest absolute Gasteiger partial charge is 0.130 e. The Bertz CT molecular complexity index is 787. The van der Waals surface area contributed by atoms with E-state index < -0.39 is 0 Å². The van der Waals surface area contributed by atoms with Gasteiger partial charge in [0.05, 0.1) is 12.7 Å². The normalized spacial score (nSPS) is 10.8. The SMILES string of the molecule is COc1ccccc1-c1c(-c2ccn(C)n2)nn(C)c1N. The van der Waals surface area contributed by atoms with Crippen molar-refractivity contribution in [1.82, 2.24) is 19.6 Å². The molecular weight excluding hydrogens is 266 g/mol. The number of nitrogens with zero attached hydrogens (tertiary/aromatic N) is 4. The molecule has 3 aromatic rings. The van der Waals surface area contributed by atoms with E-state index in [4.69, 9.17) is 10.5 Å². The fourth-order valence-corrected chi connectivity index (χ4v) is 2.37. The fourth-order valence-electron chi connectivity index (χ4n) is 2.37. The largest absolute Gasteiger partial charge is 0.496 e. The minimum Gasteiger partial charge on any atom is -0.496 e. The lowest BCUT2D eigenvalue weighted by molar-refractivity contribution is 0.416. The van der Waals surface area contributed by atoms with Crippen LogP contribution in [-0.4, -0.2) is 26.7 Å². The number of aryl methyl sites for hydroxylation is 2. The zero-order valence-electron chi connectivity index (χ0n) is 12.2. The molecule has 2 aromatic heterocycles. The summed E-state index contributed by atoms with van der Waals surface area (Å²) >= 11 is 0. The van der Waals surface area contributed by atoms with E-state index in [9.17, 15) is 0 Å². The maximum Gasteiger partial charge on any atom is 0.130 e.